The molecule has 196 valence electrons. The molecule has 0 spiro atoms. The van der Waals surface area contributed by atoms with Gasteiger partial charge in [-0.1, -0.05) is 41.9 Å². The molecule has 36 heavy (non-hydrogen) atoms. The highest BCUT2D eigenvalue weighted by Gasteiger charge is 2.60. The summed E-state index contributed by atoms with van der Waals surface area (Å²) in [5.41, 5.74) is 8.58. The van der Waals surface area contributed by atoms with E-state index in [4.69, 9.17) is 14.0 Å². The van der Waals surface area contributed by atoms with Gasteiger partial charge in [-0.2, -0.15) is 0 Å². The number of hydrogen-bond acceptors (Lipinski definition) is 6. The summed E-state index contributed by atoms with van der Waals surface area (Å²) in [5, 5.41) is 4.22. The van der Waals surface area contributed by atoms with Gasteiger partial charge in [0.2, 0.25) is 0 Å². The Kier molecular flexibility index (Phi) is 7.77. The van der Waals surface area contributed by atoms with Gasteiger partial charge in [-0.05, 0) is 89.6 Å². The fraction of sp³-hybridized carbons (Fsp3) is 0.741. The summed E-state index contributed by atoms with van der Waals surface area (Å²) >= 11 is 0. The first kappa shape index (κ1) is 27.0. The highest BCUT2D eigenvalue weighted by atomic mass is 16.7. The van der Waals surface area contributed by atoms with E-state index in [2.05, 4.69) is 56.5 Å². The molecule has 3 fully saturated rings. The van der Waals surface area contributed by atoms with E-state index in [1.165, 1.54) is 0 Å². The van der Waals surface area contributed by atoms with E-state index in [-0.39, 0.29) is 30.8 Å². The maximum atomic E-state index is 13.6. The van der Waals surface area contributed by atoms with Crippen LogP contribution < -0.4 is 0 Å². The average Bonchev–Trinajstić information content (AvgIpc) is 3.41. The third kappa shape index (κ3) is 5.17. The summed E-state index contributed by atoms with van der Waals surface area (Å²) < 4.78 is 18.2. The van der Waals surface area contributed by atoms with Gasteiger partial charge in [-0.3, -0.25) is 4.79 Å². The van der Waals surface area contributed by atoms with Gasteiger partial charge in [0, 0.05) is 24.0 Å². The summed E-state index contributed by atoms with van der Waals surface area (Å²) in [6.45, 7) is 14.7. The second-order valence-electron chi connectivity index (χ2n) is 12.1. The van der Waals surface area contributed by atoms with Crippen LogP contribution in [0.4, 0.5) is 0 Å². The van der Waals surface area contributed by atoms with Gasteiger partial charge < -0.3 is 18.9 Å². The zero-order chi connectivity index (χ0) is 26.1. The van der Waals surface area contributed by atoms with Crippen molar-refractivity contribution in [2.24, 2.45) is 22.9 Å². The lowest BCUT2D eigenvalue weighted by molar-refractivity contribution is -0.153. The van der Waals surface area contributed by atoms with E-state index in [0.717, 1.165) is 37.8 Å². The largest absolute Gasteiger partial charge is 0.460 e. The molecule has 4 atom stereocenters. The van der Waals surface area contributed by atoms with Gasteiger partial charge in [0.1, 0.15) is 12.1 Å². The van der Waals surface area contributed by atoms with Crippen LogP contribution in [0, 0.1) is 17.8 Å². The van der Waals surface area contributed by atoms with Crippen LogP contribution in [0.25, 0.3) is 10.4 Å². The molecule has 2 heterocycles. The molecule has 4 rings (SSSR count). The smallest absolute Gasteiger partial charge is 0.457 e. The number of azide groups is 1. The van der Waals surface area contributed by atoms with Crippen LogP contribution in [0.1, 0.15) is 66.4 Å². The summed E-state index contributed by atoms with van der Waals surface area (Å²) in [4.78, 5) is 19.3. The third-order valence-electron chi connectivity index (χ3n) is 9.00. The summed E-state index contributed by atoms with van der Waals surface area (Å²) in [6, 6.07) is 10.1. The van der Waals surface area contributed by atoms with E-state index in [1.54, 1.807) is 0 Å². The molecular formula is C27H41BN4O4. The fourth-order valence-electron chi connectivity index (χ4n) is 6.29. The predicted molar refractivity (Wildman–Crippen MR) is 140 cm³/mol. The lowest BCUT2D eigenvalue weighted by Crippen LogP contribution is -2.45. The summed E-state index contributed by atoms with van der Waals surface area (Å²) in [7, 11) is -0.276. The van der Waals surface area contributed by atoms with Crippen molar-refractivity contribution in [2.75, 3.05) is 13.1 Å². The van der Waals surface area contributed by atoms with Gasteiger partial charge >= 0.3 is 13.1 Å². The van der Waals surface area contributed by atoms with Crippen molar-refractivity contribution in [1.29, 1.82) is 0 Å². The van der Waals surface area contributed by atoms with E-state index in [1.807, 2.05) is 30.3 Å². The first-order valence-corrected chi connectivity index (χ1v) is 13.4. The van der Waals surface area contributed by atoms with E-state index >= 15 is 0 Å². The molecule has 1 aliphatic carbocycles. The fourth-order valence-corrected chi connectivity index (χ4v) is 6.29. The lowest BCUT2D eigenvalue weighted by Gasteiger charge is -2.33. The number of nitrogens with zero attached hydrogens (tertiary/aromatic N) is 4. The van der Waals surface area contributed by atoms with Crippen molar-refractivity contribution in [2.45, 2.75) is 96.5 Å². The molecule has 3 aliphatic rings. The van der Waals surface area contributed by atoms with Gasteiger partial charge in [-0.15, -0.1) is 0 Å². The van der Waals surface area contributed by atoms with Crippen molar-refractivity contribution in [1.82, 2.24) is 4.90 Å². The summed E-state index contributed by atoms with van der Waals surface area (Å²) in [6.07, 6.45) is 2.86. The molecule has 1 aromatic carbocycles. The number of benzene rings is 1. The average molecular weight is 496 g/mol. The second-order valence-corrected chi connectivity index (χ2v) is 12.1. The van der Waals surface area contributed by atoms with Crippen LogP contribution in [0.3, 0.4) is 0 Å². The Bertz CT molecular complexity index is 965. The van der Waals surface area contributed by atoms with Crippen LogP contribution in [-0.2, 0) is 25.4 Å². The number of carbonyl (C=O) groups excluding carboxylic acids is 1. The number of carbonyl (C=O) groups is 1. The number of esters is 1. The van der Waals surface area contributed by atoms with Crippen LogP contribution in [0.5, 0.6) is 0 Å². The molecule has 0 unspecified atom stereocenters. The van der Waals surface area contributed by atoms with E-state index < -0.39 is 11.5 Å². The zero-order valence-corrected chi connectivity index (χ0v) is 22.6. The SMILES string of the molecule is CC(C)N1C[C@@H]2C[C@@](N=[N+]=[N-])(C(=O)OCc3ccccc3)[C@@H](CCCB3OC(C)(C)C(C)(C)O3)[C@@H]2C1. The molecule has 0 amide bonds. The van der Waals surface area contributed by atoms with Crippen molar-refractivity contribution in [3.8, 4) is 0 Å². The quantitative estimate of drug-likeness (QED) is 0.145. The normalized spacial score (nSPS) is 30.9. The Hall–Kier alpha value is -2.06. The molecule has 0 radical (unpaired) electrons. The standard InChI is InChI=1S/C27H41BN4O4/c1-19(2)32-16-21-15-27(30-31-29,24(33)34-18-20-11-8-7-9-12-20)23(22(21)17-32)13-10-14-28-35-25(3,4)26(5,6)36-28/h7-9,11-12,19,21-23H,10,13-18H2,1-6H3/t21-,22+,23-,27-/m0/s1. The lowest BCUT2D eigenvalue weighted by atomic mass is 9.75. The maximum Gasteiger partial charge on any atom is 0.457 e. The number of hydrogen-bond donors (Lipinski definition) is 0. The van der Waals surface area contributed by atoms with Crippen molar-refractivity contribution in [3.63, 3.8) is 0 Å². The third-order valence-corrected chi connectivity index (χ3v) is 9.00. The monoisotopic (exact) mass is 496 g/mol. The van der Waals surface area contributed by atoms with Gasteiger partial charge in [0.25, 0.3) is 0 Å². The maximum absolute atomic E-state index is 13.6. The minimum Gasteiger partial charge on any atom is -0.460 e. The van der Waals surface area contributed by atoms with E-state index in [9.17, 15) is 10.3 Å². The second kappa shape index (κ2) is 10.4. The van der Waals surface area contributed by atoms with Gasteiger partial charge in [0.15, 0.2) is 0 Å². The van der Waals surface area contributed by atoms with Crippen LogP contribution in [0.15, 0.2) is 35.4 Å². The molecule has 0 bridgehead atoms. The predicted octanol–water partition coefficient (Wildman–Crippen LogP) is 5.63. The topological polar surface area (TPSA) is 96.8 Å². The van der Waals surface area contributed by atoms with Crippen molar-refractivity contribution >= 4 is 13.1 Å². The minimum absolute atomic E-state index is 0.0761. The molecule has 2 aliphatic heterocycles. The van der Waals surface area contributed by atoms with Crippen molar-refractivity contribution < 1.29 is 18.8 Å². The van der Waals surface area contributed by atoms with Crippen LogP contribution in [0.2, 0.25) is 6.32 Å². The highest BCUT2D eigenvalue weighted by Crippen LogP contribution is 2.53. The van der Waals surface area contributed by atoms with Gasteiger partial charge in [0.05, 0.1) is 11.2 Å². The molecule has 0 aromatic heterocycles. The summed E-state index contributed by atoms with van der Waals surface area (Å²) in [5.74, 6) is 0.132. The number of ether oxygens (including phenoxy) is 1. The molecule has 0 N–H and O–H groups in total. The number of fused-ring (bicyclic) bond motifs is 1. The molecule has 2 saturated heterocycles. The Morgan fingerprint density at radius 2 is 1.86 bits per heavy atom. The Labute approximate surface area is 215 Å². The number of rotatable bonds is 9. The van der Waals surface area contributed by atoms with Crippen LogP contribution in [-0.4, -0.2) is 53.9 Å². The highest BCUT2D eigenvalue weighted by molar-refractivity contribution is 6.45. The minimum atomic E-state index is -1.17. The van der Waals surface area contributed by atoms with Crippen molar-refractivity contribution in [3.05, 3.63) is 46.3 Å². The Morgan fingerprint density at radius 3 is 2.47 bits per heavy atom. The Morgan fingerprint density at radius 1 is 1.19 bits per heavy atom. The molecular weight excluding hydrogens is 455 g/mol. The van der Waals surface area contributed by atoms with Crippen LogP contribution >= 0.6 is 0 Å². The van der Waals surface area contributed by atoms with E-state index in [0.29, 0.717) is 24.3 Å². The first-order chi connectivity index (χ1) is 17.0. The zero-order valence-electron chi connectivity index (χ0n) is 22.6. The molecule has 1 aromatic rings. The van der Waals surface area contributed by atoms with Gasteiger partial charge in [-0.25, -0.2) is 0 Å². The molecule has 9 heteroatoms. The molecule has 8 nitrogen and oxygen atoms in total. The Balaban J connectivity index is 1.50. The molecule has 1 saturated carbocycles. The number of likely N-dealkylation sites (tertiary alicyclic amines) is 1. The first-order valence-electron chi connectivity index (χ1n) is 13.4.